The predicted molar refractivity (Wildman–Crippen MR) is 72.7 cm³/mol. The van der Waals surface area contributed by atoms with Crippen LogP contribution in [-0.2, 0) is 10.3 Å². The van der Waals surface area contributed by atoms with E-state index in [4.69, 9.17) is 4.74 Å². The Bertz CT molecular complexity index is 495. The maximum absolute atomic E-state index is 12.9. The Morgan fingerprint density at radius 2 is 1.95 bits per heavy atom. The second-order valence-electron chi connectivity index (χ2n) is 6.19. The Morgan fingerprint density at radius 1 is 1.35 bits per heavy atom. The summed E-state index contributed by atoms with van der Waals surface area (Å²) < 4.78 is 18.2. The van der Waals surface area contributed by atoms with Crippen LogP contribution in [0.5, 0.6) is 0 Å². The molecule has 0 aliphatic carbocycles. The SMILES string of the molecule is CC(C)(C)OC(=O)N1CCC(O)(c2ccc(F)cc2)C1. The number of amides is 1. The minimum Gasteiger partial charge on any atom is -0.444 e. The first kappa shape index (κ1) is 14.8. The van der Waals surface area contributed by atoms with Crippen molar-refractivity contribution in [2.75, 3.05) is 13.1 Å². The third-order valence-corrected chi connectivity index (χ3v) is 3.28. The van der Waals surface area contributed by atoms with E-state index in [-0.39, 0.29) is 12.4 Å². The summed E-state index contributed by atoms with van der Waals surface area (Å²) in [5.41, 5.74) is -1.08. The van der Waals surface area contributed by atoms with Crippen LogP contribution in [0.15, 0.2) is 24.3 Å². The molecular weight excluding hydrogens is 261 g/mol. The monoisotopic (exact) mass is 281 g/mol. The molecule has 1 amide bonds. The van der Waals surface area contributed by atoms with Crippen molar-refractivity contribution in [2.24, 2.45) is 0 Å². The highest BCUT2D eigenvalue weighted by Crippen LogP contribution is 2.32. The number of β-amino-alcohol motifs (C(OH)–C–C–N with tert-alkyl or cyclic N) is 1. The van der Waals surface area contributed by atoms with Gasteiger partial charge in [-0.1, -0.05) is 12.1 Å². The third-order valence-electron chi connectivity index (χ3n) is 3.28. The van der Waals surface area contributed by atoms with Crippen LogP contribution in [0.3, 0.4) is 0 Å². The molecule has 0 radical (unpaired) electrons. The van der Waals surface area contributed by atoms with Gasteiger partial charge >= 0.3 is 6.09 Å². The van der Waals surface area contributed by atoms with Gasteiger partial charge in [0.15, 0.2) is 0 Å². The van der Waals surface area contributed by atoms with Crippen LogP contribution in [0.2, 0.25) is 0 Å². The number of hydrogen-bond acceptors (Lipinski definition) is 3. The first-order chi connectivity index (χ1) is 9.20. The molecule has 1 fully saturated rings. The molecule has 5 heteroatoms. The van der Waals surface area contributed by atoms with Crippen LogP contribution >= 0.6 is 0 Å². The van der Waals surface area contributed by atoms with Crippen LogP contribution in [-0.4, -0.2) is 34.8 Å². The number of rotatable bonds is 1. The zero-order valence-corrected chi connectivity index (χ0v) is 12.0. The molecule has 110 valence electrons. The highest BCUT2D eigenvalue weighted by Gasteiger charge is 2.40. The predicted octanol–water partition coefficient (Wildman–Crippen LogP) is 2.65. The molecule has 0 bridgehead atoms. The number of likely N-dealkylation sites (tertiary alicyclic amines) is 1. The average molecular weight is 281 g/mol. The van der Waals surface area contributed by atoms with E-state index in [0.717, 1.165) is 0 Å². The number of ether oxygens (including phenoxy) is 1. The summed E-state index contributed by atoms with van der Waals surface area (Å²) >= 11 is 0. The van der Waals surface area contributed by atoms with Crippen molar-refractivity contribution < 1.29 is 19.0 Å². The van der Waals surface area contributed by atoms with Crippen LogP contribution in [0.4, 0.5) is 9.18 Å². The lowest BCUT2D eigenvalue weighted by Crippen LogP contribution is -2.38. The Hall–Kier alpha value is -1.62. The van der Waals surface area contributed by atoms with Gasteiger partial charge in [0.2, 0.25) is 0 Å². The molecular formula is C15H20FNO3. The molecule has 1 unspecified atom stereocenters. The lowest BCUT2D eigenvalue weighted by atomic mass is 9.93. The normalized spacial score (nSPS) is 22.9. The summed E-state index contributed by atoms with van der Waals surface area (Å²) in [6.07, 6.45) is -0.0201. The lowest BCUT2D eigenvalue weighted by molar-refractivity contribution is 0.0140. The summed E-state index contributed by atoms with van der Waals surface area (Å²) in [4.78, 5) is 13.4. The van der Waals surface area contributed by atoms with Gasteiger partial charge in [0, 0.05) is 6.54 Å². The standard InChI is InChI=1S/C15H20FNO3/c1-14(2,3)20-13(18)17-9-8-15(19,10-17)11-4-6-12(16)7-5-11/h4-7,19H,8-10H2,1-3H3. The van der Waals surface area contributed by atoms with E-state index >= 15 is 0 Å². The van der Waals surface area contributed by atoms with Crippen molar-refractivity contribution >= 4 is 6.09 Å². The van der Waals surface area contributed by atoms with Gasteiger partial charge in [0.25, 0.3) is 0 Å². The van der Waals surface area contributed by atoms with Gasteiger partial charge in [-0.3, -0.25) is 0 Å². The molecule has 1 heterocycles. The number of carbonyl (C=O) groups is 1. The van der Waals surface area contributed by atoms with Crippen LogP contribution in [0.25, 0.3) is 0 Å². The van der Waals surface area contributed by atoms with Crippen molar-refractivity contribution in [1.29, 1.82) is 0 Å². The van der Waals surface area contributed by atoms with E-state index in [2.05, 4.69) is 0 Å². The summed E-state index contributed by atoms with van der Waals surface area (Å²) in [7, 11) is 0. The average Bonchev–Trinajstić information content (AvgIpc) is 2.72. The van der Waals surface area contributed by atoms with Gasteiger partial charge in [-0.25, -0.2) is 9.18 Å². The summed E-state index contributed by atoms with van der Waals surface area (Å²) in [5, 5.41) is 10.6. The molecule has 1 aliphatic rings. The third kappa shape index (κ3) is 3.28. The molecule has 0 saturated carbocycles. The Kier molecular flexibility index (Phi) is 3.73. The smallest absolute Gasteiger partial charge is 0.410 e. The molecule has 1 aromatic carbocycles. The fourth-order valence-corrected chi connectivity index (χ4v) is 2.27. The van der Waals surface area contributed by atoms with Gasteiger partial charge in [-0.05, 0) is 44.9 Å². The maximum atomic E-state index is 12.9. The maximum Gasteiger partial charge on any atom is 0.410 e. The molecule has 1 aromatic rings. The molecule has 0 aromatic heterocycles. The van der Waals surface area contributed by atoms with E-state index in [0.29, 0.717) is 18.5 Å². The minimum atomic E-state index is -1.13. The summed E-state index contributed by atoms with van der Waals surface area (Å²) in [6, 6.07) is 5.72. The zero-order chi connectivity index (χ0) is 15.0. The summed E-state index contributed by atoms with van der Waals surface area (Å²) in [6.45, 7) is 5.98. The minimum absolute atomic E-state index is 0.160. The molecule has 1 N–H and O–H groups in total. The molecule has 1 atom stereocenters. The van der Waals surface area contributed by atoms with Crippen LogP contribution < -0.4 is 0 Å². The highest BCUT2D eigenvalue weighted by atomic mass is 19.1. The van der Waals surface area contributed by atoms with Crippen molar-refractivity contribution in [3.63, 3.8) is 0 Å². The molecule has 20 heavy (non-hydrogen) atoms. The van der Waals surface area contributed by atoms with Gasteiger partial charge in [-0.2, -0.15) is 0 Å². The van der Waals surface area contributed by atoms with Gasteiger partial charge < -0.3 is 14.7 Å². The topological polar surface area (TPSA) is 49.8 Å². The zero-order valence-electron chi connectivity index (χ0n) is 12.0. The van der Waals surface area contributed by atoms with E-state index in [1.54, 1.807) is 32.9 Å². The number of nitrogens with zero attached hydrogens (tertiary/aromatic N) is 1. The number of halogens is 1. The van der Waals surface area contributed by atoms with Crippen LogP contribution in [0.1, 0.15) is 32.8 Å². The largest absolute Gasteiger partial charge is 0.444 e. The lowest BCUT2D eigenvalue weighted by Gasteiger charge is -2.26. The van der Waals surface area contributed by atoms with E-state index < -0.39 is 17.3 Å². The number of aliphatic hydroxyl groups is 1. The fourth-order valence-electron chi connectivity index (χ4n) is 2.27. The van der Waals surface area contributed by atoms with Gasteiger partial charge in [0.05, 0.1) is 6.54 Å². The molecule has 1 aliphatic heterocycles. The quantitative estimate of drug-likeness (QED) is 0.861. The first-order valence-corrected chi connectivity index (χ1v) is 6.66. The van der Waals surface area contributed by atoms with Gasteiger partial charge in [0.1, 0.15) is 17.0 Å². The number of carbonyl (C=O) groups excluding carboxylic acids is 1. The Balaban J connectivity index is 2.07. The molecule has 4 nitrogen and oxygen atoms in total. The molecule has 1 saturated heterocycles. The van der Waals surface area contributed by atoms with E-state index in [1.807, 2.05) is 0 Å². The van der Waals surface area contributed by atoms with E-state index in [1.165, 1.54) is 17.0 Å². The number of hydrogen-bond donors (Lipinski definition) is 1. The fraction of sp³-hybridized carbons (Fsp3) is 0.533. The first-order valence-electron chi connectivity index (χ1n) is 6.66. The second kappa shape index (κ2) is 5.05. The van der Waals surface area contributed by atoms with Gasteiger partial charge in [-0.15, -0.1) is 0 Å². The Labute approximate surface area is 118 Å². The molecule has 0 spiro atoms. The van der Waals surface area contributed by atoms with Crippen LogP contribution in [0, 0.1) is 5.82 Å². The highest BCUT2D eigenvalue weighted by molar-refractivity contribution is 5.68. The Morgan fingerprint density at radius 3 is 2.50 bits per heavy atom. The van der Waals surface area contributed by atoms with E-state index in [9.17, 15) is 14.3 Å². The van der Waals surface area contributed by atoms with Crippen molar-refractivity contribution in [3.05, 3.63) is 35.6 Å². The second-order valence-corrected chi connectivity index (χ2v) is 6.19. The van der Waals surface area contributed by atoms with Crippen molar-refractivity contribution in [1.82, 2.24) is 4.90 Å². The van der Waals surface area contributed by atoms with Crippen molar-refractivity contribution in [2.45, 2.75) is 38.4 Å². The molecule has 2 rings (SSSR count). The van der Waals surface area contributed by atoms with Crippen molar-refractivity contribution in [3.8, 4) is 0 Å². The number of benzene rings is 1. The summed E-state index contributed by atoms with van der Waals surface area (Å²) in [5.74, 6) is -0.348.